The van der Waals surface area contributed by atoms with E-state index in [1.54, 1.807) is 0 Å². The predicted molar refractivity (Wildman–Crippen MR) is 63.5 cm³/mol. The van der Waals surface area contributed by atoms with Crippen molar-refractivity contribution in [1.82, 2.24) is 10.3 Å². The number of aromatic nitrogens is 1. The van der Waals surface area contributed by atoms with Gasteiger partial charge in [0.25, 0.3) is 0 Å². The van der Waals surface area contributed by atoms with Crippen LogP contribution in [0, 0.1) is 6.92 Å². The fourth-order valence-corrected chi connectivity index (χ4v) is 1.91. The smallest absolute Gasteiger partial charge is 0.0449 e. The van der Waals surface area contributed by atoms with Crippen LogP contribution in [0.25, 0.3) is 0 Å². The van der Waals surface area contributed by atoms with Gasteiger partial charge in [-0.25, -0.2) is 0 Å². The zero-order valence-electron chi connectivity index (χ0n) is 8.97. The Morgan fingerprint density at radius 1 is 1.57 bits per heavy atom. The van der Waals surface area contributed by atoms with Gasteiger partial charge >= 0.3 is 0 Å². The predicted octanol–water partition coefficient (Wildman–Crippen LogP) is 2.69. The van der Waals surface area contributed by atoms with E-state index in [2.05, 4.69) is 46.1 Å². The normalized spacial score (nSPS) is 12.9. The molecule has 0 aliphatic heterocycles. The second-order valence-corrected chi connectivity index (χ2v) is 4.43. The molecule has 0 aliphatic rings. The van der Waals surface area contributed by atoms with Crippen molar-refractivity contribution in [2.45, 2.75) is 32.7 Å². The van der Waals surface area contributed by atoms with Crippen molar-refractivity contribution in [3.63, 3.8) is 0 Å². The third-order valence-electron chi connectivity index (χ3n) is 2.49. The Kier molecular flexibility index (Phi) is 4.55. The van der Waals surface area contributed by atoms with Gasteiger partial charge in [-0.2, -0.15) is 0 Å². The van der Waals surface area contributed by atoms with Gasteiger partial charge in [0.2, 0.25) is 0 Å². The van der Waals surface area contributed by atoms with E-state index in [4.69, 9.17) is 0 Å². The molecule has 1 aromatic heterocycles. The molecule has 0 aromatic carbocycles. The Labute approximate surface area is 94.3 Å². The number of likely N-dealkylation sites (N-methyl/N-ethyl adjacent to an activating group) is 1. The Balaban J connectivity index is 2.76. The van der Waals surface area contributed by atoms with Crippen molar-refractivity contribution in [1.29, 1.82) is 0 Å². The third-order valence-corrected chi connectivity index (χ3v) is 2.93. The molecule has 0 saturated heterocycles. The van der Waals surface area contributed by atoms with Gasteiger partial charge in [-0.15, -0.1) is 0 Å². The summed E-state index contributed by atoms with van der Waals surface area (Å²) in [4.78, 5) is 4.43. The lowest BCUT2D eigenvalue weighted by Gasteiger charge is -2.14. The largest absolute Gasteiger partial charge is 0.317 e. The van der Waals surface area contributed by atoms with Gasteiger partial charge < -0.3 is 5.32 Å². The quantitative estimate of drug-likeness (QED) is 0.897. The van der Waals surface area contributed by atoms with Crippen LogP contribution in [0.1, 0.15) is 24.6 Å². The van der Waals surface area contributed by atoms with Crippen molar-refractivity contribution in [3.05, 3.63) is 28.0 Å². The summed E-state index contributed by atoms with van der Waals surface area (Å²) in [5.74, 6) is 0. The lowest BCUT2D eigenvalue weighted by Crippen LogP contribution is -2.27. The first-order chi connectivity index (χ1) is 6.67. The van der Waals surface area contributed by atoms with E-state index in [0.717, 1.165) is 17.3 Å². The van der Waals surface area contributed by atoms with E-state index < -0.39 is 0 Å². The summed E-state index contributed by atoms with van der Waals surface area (Å²) in [7, 11) is 2.00. The zero-order chi connectivity index (χ0) is 10.6. The van der Waals surface area contributed by atoms with Crippen LogP contribution in [0.5, 0.6) is 0 Å². The van der Waals surface area contributed by atoms with E-state index >= 15 is 0 Å². The molecule has 14 heavy (non-hydrogen) atoms. The number of rotatable bonds is 4. The van der Waals surface area contributed by atoms with Crippen molar-refractivity contribution in [2.24, 2.45) is 0 Å². The van der Waals surface area contributed by atoms with Gasteiger partial charge in [-0.05, 0) is 48.0 Å². The minimum absolute atomic E-state index is 0.530. The second-order valence-electron chi connectivity index (χ2n) is 3.52. The molecular weight excluding hydrogens is 240 g/mol. The molecule has 1 rings (SSSR count). The Morgan fingerprint density at radius 3 is 2.79 bits per heavy atom. The number of halogens is 1. The molecule has 0 spiro atoms. The molecule has 2 nitrogen and oxygen atoms in total. The summed E-state index contributed by atoms with van der Waals surface area (Å²) in [5, 5.41) is 3.29. The molecule has 3 heteroatoms. The summed E-state index contributed by atoms with van der Waals surface area (Å²) in [6, 6.07) is 2.65. The van der Waals surface area contributed by atoms with Crippen LogP contribution in [-0.2, 0) is 6.42 Å². The van der Waals surface area contributed by atoms with Crippen LogP contribution in [0.3, 0.4) is 0 Å². The number of nitrogens with one attached hydrogen (secondary N) is 1. The van der Waals surface area contributed by atoms with Crippen LogP contribution < -0.4 is 5.32 Å². The van der Waals surface area contributed by atoms with Crippen LogP contribution in [-0.4, -0.2) is 18.1 Å². The Morgan fingerprint density at radius 2 is 2.29 bits per heavy atom. The van der Waals surface area contributed by atoms with Crippen LogP contribution in [0.2, 0.25) is 0 Å². The molecule has 1 unspecified atom stereocenters. The molecule has 0 amide bonds. The summed E-state index contributed by atoms with van der Waals surface area (Å²) < 4.78 is 1.05. The maximum atomic E-state index is 4.43. The molecule has 0 aliphatic carbocycles. The lowest BCUT2D eigenvalue weighted by molar-refractivity contribution is 0.536. The van der Waals surface area contributed by atoms with E-state index in [9.17, 15) is 0 Å². The van der Waals surface area contributed by atoms with Gasteiger partial charge in [0.15, 0.2) is 0 Å². The molecule has 0 radical (unpaired) electrons. The number of nitrogens with zero attached hydrogens (tertiary/aromatic N) is 1. The van der Waals surface area contributed by atoms with Crippen molar-refractivity contribution < 1.29 is 0 Å². The van der Waals surface area contributed by atoms with Crippen molar-refractivity contribution >= 4 is 15.9 Å². The minimum atomic E-state index is 0.530. The van der Waals surface area contributed by atoms with Gasteiger partial charge in [0.05, 0.1) is 0 Å². The molecular formula is C11H17BrN2. The zero-order valence-corrected chi connectivity index (χ0v) is 10.6. The highest BCUT2D eigenvalue weighted by Crippen LogP contribution is 2.14. The topological polar surface area (TPSA) is 24.9 Å². The van der Waals surface area contributed by atoms with Crippen molar-refractivity contribution in [2.75, 3.05) is 7.05 Å². The molecule has 1 aromatic rings. The summed E-state index contributed by atoms with van der Waals surface area (Å²) in [6.07, 6.45) is 4.00. The maximum Gasteiger partial charge on any atom is 0.0449 e. The van der Waals surface area contributed by atoms with E-state index in [1.165, 1.54) is 11.3 Å². The number of pyridine rings is 1. The Hall–Kier alpha value is -0.410. The highest BCUT2D eigenvalue weighted by atomic mass is 79.9. The number of hydrogen-bond acceptors (Lipinski definition) is 2. The molecule has 0 saturated carbocycles. The average molecular weight is 257 g/mol. The maximum absolute atomic E-state index is 4.43. The van der Waals surface area contributed by atoms with Gasteiger partial charge in [0, 0.05) is 28.8 Å². The van der Waals surface area contributed by atoms with Gasteiger partial charge in [-0.3, -0.25) is 4.98 Å². The molecule has 1 N–H and O–H groups in total. The number of aryl methyl sites for hydroxylation is 1. The highest BCUT2D eigenvalue weighted by Gasteiger charge is 2.07. The molecule has 1 heterocycles. The molecule has 1 atom stereocenters. The first-order valence-electron chi connectivity index (χ1n) is 4.95. The van der Waals surface area contributed by atoms with Gasteiger partial charge in [-0.1, -0.05) is 6.92 Å². The standard InChI is InChI=1S/C11H17BrN2/c1-4-10(13-3)6-11-8(2)5-9(12)7-14-11/h5,7,10,13H,4,6H2,1-3H3. The third kappa shape index (κ3) is 3.07. The van der Waals surface area contributed by atoms with Crippen LogP contribution in [0.15, 0.2) is 16.7 Å². The van der Waals surface area contributed by atoms with Crippen molar-refractivity contribution in [3.8, 4) is 0 Å². The first-order valence-corrected chi connectivity index (χ1v) is 5.75. The highest BCUT2D eigenvalue weighted by molar-refractivity contribution is 9.10. The summed E-state index contributed by atoms with van der Waals surface area (Å²) >= 11 is 3.42. The lowest BCUT2D eigenvalue weighted by atomic mass is 10.1. The summed E-state index contributed by atoms with van der Waals surface area (Å²) in [5.41, 5.74) is 2.45. The second kappa shape index (κ2) is 5.47. The first kappa shape index (κ1) is 11.7. The molecule has 0 fully saturated rings. The van der Waals surface area contributed by atoms with E-state index in [-0.39, 0.29) is 0 Å². The van der Waals surface area contributed by atoms with E-state index in [0.29, 0.717) is 6.04 Å². The van der Waals surface area contributed by atoms with Gasteiger partial charge in [0.1, 0.15) is 0 Å². The molecule has 0 bridgehead atoms. The SMILES string of the molecule is CCC(Cc1ncc(Br)cc1C)NC. The summed E-state index contributed by atoms with van der Waals surface area (Å²) in [6.45, 7) is 4.30. The monoisotopic (exact) mass is 256 g/mol. The van der Waals surface area contributed by atoms with Crippen LogP contribution >= 0.6 is 15.9 Å². The average Bonchev–Trinajstić information content (AvgIpc) is 2.17. The minimum Gasteiger partial charge on any atom is -0.317 e. The fraction of sp³-hybridized carbons (Fsp3) is 0.545. The van der Waals surface area contributed by atoms with E-state index in [1.807, 2.05) is 13.2 Å². The number of hydrogen-bond donors (Lipinski definition) is 1. The fourth-order valence-electron chi connectivity index (χ4n) is 1.47. The Bertz CT molecular complexity index is 295. The van der Waals surface area contributed by atoms with Crippen LogP contribution in [0.4, 0.5) is 0 Å². The molecule has 78 valence electrons.